The molecule has 1 fully saturated rings. The van der Waals surface area contributed by atoms with E-state index in [1.54, 1.807) is 18.3 Å². The Hall–Kier alpha value is -3.60. The Morgan fingerprint density at radius 3 is 2.29 bits per heavy atom. The van der Waals surface area contributed by atoms with Crippen LogP contribution in [0.4, 0.5) is 33.7 Å². The van der Waals surface area contributed by atoms with Crippen LogP contribution in [0.5, 0.6) is 0 Å². The number of pyridine rings is 1. The van der Waals surface area contributed by atoms with Crippen LogP contribution in [0.15, 0.2) is 54.7 Å². The average molecular weight is 513 g/mol. The summed E-state index contributed by atoms with van der Waals surface area (Å²) in [5, 5.41) is 14.6. The molecule has 186 valence electrons. The van der Waals surface area contributed by atoms with Gasteiger partial charge in [-0.2, -0.15) is 13.2 Å². The predicted octanol–water partition coefficient (Wildman–Crippen LogP) is 5.45. The van der Waals surface area contributed by atoms with Crippen molar-refractivity contribution in [3.05, 3.63) is 65.6 Å². The Labute approximate surface area is 202 Å². The molecule has 7 nitrogen and oxygen atoms in total. The number of benzene rings is 2. The Morgan fingerprint density at radius 2 is 1.69 bits per heavy atom. The molecule has 35 heavy (non-hydrogen) atoms. The summed E-state index contributed by atoms with van der Waals surface area (Å²) in [5.41, 5.74) is 2.58. The van der Waals surface area contributed by atoms with E-state index in [1.165, 1.54) is 12.1 Å². The van der Waals surface area contributed by atoms with Gasteiger partial charge in [0.2, 0.25) is 0 Å². The number of amides is 2. The maximum absolute atomic E-state index is 12.9. The third kappa shape index (κ3) is 7.44. The molecule has 2 heterocycles. The molecular formula is C23H21ClF4N4O3. The van der Waals surface area contributed by atoms with Gasteiger partial charge >= 0.3 is 18.2 Å². The van der Waals surface area contributed by atoms with E-state index in [2.05, 4.69) is 20.5 Å². The minimum atomic E-state index is -5.08. The van der Waals surface area contributed by atoms with Crippen LogP contribution in [-0.2, 0) is 4.79 Å². The summed E-state index contributed by atoms with van der Waals surface area (Å²) in [5.74, 6) is -3.09. The summed E-state index contributed by atoms with van der Waals surface area (Å²) in [4.78, 5) is 27.8. The lowest BCUT2D eigenvalue weighted by Crippen LogP contribution is -2.46. The van der Waals surface area contributed by atoms with Gasteiger partial charge in [-0.25, -0.2) is 14.0 Å². The maximum atomic E-state index is 12.9. The third-order valence-corrected chi connectivity index (χ3v) is 5.43. The molecule has 1 saturated heterocycles. The fraction of sp³-hybridized carbons (Fsp3) is 0.261. The van der Waals surface area contributed by atoms with Crippen molar-refractivity contribution in [2.24, 2.45) is 0 Å². The van der Waals surface area contributed by atoms with Crippen molar-refractivity contribution in [2.75, 3.05) is 23.3 Å². The van der Waals surface area contributed by atoms with E-state index in [-0.39, 0.29) is 17.9 Å². The molecule has 0 spiro atoms. The Kier molecular flexibility index (Phi) is 8.34. The molecule has 12 heteroatoms. The quantitative estimate of drug-likeness (QED) is 0.406. The second kappa shape index (κ2) is 11.2. The first-order chi connectivity index (χ1) is 16.5. The molecule has 0 radical (unpaired) electrons. The molecule has 2 amide bonds. The SMILES string of the molecule is O=C(Nc1ccc(F)cc1)NC1CCN(c2ccnc3cc(Cl)ccc23)CC1.O=C(O)C(F)(F)F. The number of carbonyl (C=O) groups excluding carboxylic acids is 1. The second-order valence-electron chi connectivity index (χ2n) is 7.66. The summed E-state index contributed by atoms with van der Waals surface area (Å²) >= 11 is 6.07. The van der Waals surface area contributed by atoms with Crippen LogP contribution in [0.2, 0.25) is 5.02 Å². The average Bonchev–Trinajstić information content (AvgIpc) is 2.80. The first-order valence-electron chi connectivity index (χ1n) is 10.5. The van der Waals surface area contributed by atoms with Gasteiger partial charge in [-0.3, -0.25) is 4.98 Å². The molecule has 4 rings (SSSR count). The van der Waals surface area contributed by atoms with E-state index < -0.39 is 12.1 Å². The van der Waals surface area contributed by atoms with Crippen molar-refractivity contribution < 1.29 is 32.3 Å². The zero-order valence-electron chi connectivity index (χ0n) is 18.1. The van der Waals surface area contributed by atoms with Gasteiger partial charge in [0.15, 0.2) is 0 Å². The highest BCUT2D eigenvalue weighted by atomic mass is 35.5. The Balaban J connectivity index is 0.000000429. The van der Waals surface area contributed by atoms with Gasteiger partial charge in [-0.05, 0) is 61.4 Å². The molecule has 0 unspecified atom stereocenters. The highest BCUT2D eigenvalue weighted by molar-refractivity contribution is 6.31. The number of carbonyl (C=O) groups is 2. The van der Waals surface area contributed by atoms with Crippen molar-refractivity contribution in [1.82, 2.24) is 10.3 Å². The fourth-order valence-corrected chi connectivity index (χ4v) is 3.70. The standard InChI is InChI=1S/C21H20ClFN4O.C2HF3O2/c22-14-1-6-18-19(13-14)24-10-7-20(18)27-11-8-17(9-12-27)26-21(28)25-16-4-2-15(23)3-5-16;3-2(4,5)1(6)7/h1-7,10,13,17H,8-9,11-12H2,(H2,25,26,28);(H,6,7). The van der Waals surface area contributed by atoms with Gasteiger partial charge in [0.25, 0.3) is 0 Å². The molecule has 1 aliphatic rings. The summed E-state index contributed by atoms with van der Waals surface area (Å²) in [6.07, 6.45) is -1.60. The smallest absolute Gasteiger partial charge is 0.475 e. The van der Waals surface area contributed by atoms with Crippen molar-refractivity contribution >= 4 is 45.9 Å². The minimum absolute atomic E-state index is 0.0965. The zero-order valence-corrected chi connectivity index (χ0v) is 18.9. The predicted molar refractivity (Wildman–Crippen MR) is 124 cm³/mol. The van der Waals surface area contributed by atoms with E-state index >= 15 is 0 Å². The molecule has 3 N–H and O–H groups in total. The number of carboxylic acids is 1. The number of carboxylic acid groups (broad SMARTS) is 1. The van der Waals surface area contributed by atoms with E-state index in [1.807, 2.05) is 24.3 Å². The lowest BCUT2D eigenvalue weighted by molar-refractivity contribution is -0.192. The molecule has 1 aliphatic heterocycles. The highest BCUT2D eigenvalue weighted by Gasteiger charge is 2.38. The lowest BCUT2D eigenvalue weighted by Gasteiger charge is -2.34. The van der Waals surface area contributed by atoms with Crippen LogP contribution in [-0.4, -0.2) is 47.4 Å². The largest absolute Gasteiger partial charge is 0.490 e. The number of nitrogens with one attached hydrogen (secondary N) is 2. The number of halogens is 5. The molecule has 0 bridgehead atoms. The number of rotatable bonds is 3. The van der Waals surface area contributed by atoms with Crippen LogP contribution in [0.3, 0.4) is 0 Å². The fourth-order valence-electron chi connectivity index (χ4n) is 3.53. The maximum Gasteiger partial charge on any atom is 0.490 e. The Bertz CT molecular complexity index is 1180. The van der Waals surface area contributed by atoms with Crippen LogP contribution in [0.25, 0.3) is 10.9 Å². The number of hydrogen-bond acceptors (Lipinski definition) is 4. The van der Waals surface area contributed by atoms with Crippen molar-refractivity contribution in [3.8, 4) is 0 Å². The second-order valence-corrected chi connectivity index (χ2v) is 8.10. The number of anilines is 2. The number of fused-ring (bicyclic) bond motifs is 1. The molecule has 0 atom stereocenters. The van der Waals surface area contributed by atoms with Crippen LogP contribution in [0, 0.1) is 5.82 Å². The highest BCUT2D eigenvalue weighted by Crippen LogP contribution is 2.29. The lowest BCUT2D eigenvalue weighted by atomic mass is 10.0. The normalized spacial score (nSPS) is 14.1. The van der Waals surface area contributed by atoms with E-state index in [0.717, 1.165) is 42.5 Å². The summed E-state index contributed by atoms with van der Waals surface area (Å²) in [6.45, 7) is 1.67. The number of aromatic nitrogens is 1. The Morgan fingerprint density at radius 1 is 1.06 bits per heavy atom. The van der Waals surface area contributed by atoms with Gasteiger partial charge in [-0.15, -0.1) is 0 Å². The minimum Gasteiger partial charge on any atom is -0.475 e. The topological polar surface area (TPSA) is 94.6 Å². The molecule has 1 aromatic heterocycles. The van der Waals surface area contributed by atoms with Crippen molar-refractivity contribution in [1.29, 1.82) is 0 Å². The number of alkyl halides is 3. The van der Waals surface area contributed by atoms with Crippen LogP contribution in [0.1, 0.15) is 12.8 Å². The van der Waals surface area contributed by atoms with Crippen LogP contribution < -0.4 is 15.5 Å². The van der Waals surface area contributed by atoms with Gasteiger partial charge in [0.1, 0.15) is 5.82 Å². The molecule has 3 aromatic rings. The van der Waals surface area contributed by atoms with Crippen molar-refractivity contribution in [3.63, 3.8) is 0 Å². The number of urea groups is 1. The molecule has 2 aromatic carbocycles. The van der Waals surface area contributed by atoms with E-state index in [9.17, 15) is 22.4 Å². The first kappa shape index (κ1) is 26.0. The monoisotopic (exact) mass is 512 g/mol. The van der Waals surface area contributed by atoms with Crippen LogP contribution >= 0.6 is 11.6 Å². The first-order valence-corrected chi connectivity index (χ1v) is 10.8. The zero-order chi connectivity index (χ0) is 25.6. The summed E-state index contributed by atoms with van der Waals surface area (Å²) in [7, 11) is 0. The molecular weight excluding hydrogens is 492 g/mol. The van der Waals surface area contributed by atoms with Gasteiger partial charge in [0, 0.05) is 47.1 Å². The van der Waals surface area contributed by atoms with Gasteiger partial charge in [-0.1, -0.05) is 11.6 Å². The number of aliphatic carboxylic acids is 1. The van der Waals surface area contributed by atoms with Gasteiger partial charge in [0.05, 0.1) is 5.52 Å². The molecule has 0 aliphatic carbocycles. The van der Waals surface area contributed by atoms with Gasteiger partial charge < -0.3 is 20.6 Å². The summed E-state index contributed by atoms with van der Waals surface area (Å²) in [6, 6.07) is 13.3. The third-order valence-electron chi connectivity index (χ3n) is 5.20. The van der Waals surface area contributed by atoms with E-state index in [0.29, 0.717) is 10.7 Å². The number of piperidine rings is 1. The number of nitrogens with zero attached hydrogens (tertiary/aromatic N) is 2. The van der Waals surface area contributed by atoms with E-state index in [4.69, 9.17) is 21.5 Å². The number of hydrogen-bond donors (Lipinski definition) is 3. The summed E-state index contributed by atoms with van der Waals surface area (Å²) < 4.78 is 44.7. The molecule has 0 saturated carbocycles. The van der Waals surface area contributed by atoms with Crippen molar-refractivity contribution in [2.45, 2.75) is 25.1 Å².